The number of aliphatic hydroxyl groups excluding tert-OH is 1. The van der Waals surface area contributed by atoms with E-state index in [0.717, 1.165) is 16.6 Å². The van der Waals surface area contributed by atoms with Gasteiger partial charge in [-0.3, -0.25) is 4.98 Å². The van der Waals surface area contributed by atoms with Crippen molar-refractivity contribution in [3.8, 4) is 0 Å². The van der Waals surface area contributed by atoms with Crippen LogP contribution in [-0.4, -0.2) is 42.0 Å². The fourth-order valence-electron chi connectivity index (χ4n) is 2.29. The number of aliphatic hydroxyl groups is 1. The maximum atomic E-state index is 9.23. The molecule has 1 aromatic rings. The molecule has 5 nitrogen and oxygen atoms in total. The molecule has 0 aromatic carbocycles. The van der Waals surface area contributed by atoms with Crippen molar-refractivity contribution in [1.29, 1.82) is 0 Å². The number of aromatic nitrogens is 1. The third kappa shape index (κ3) is 3.58. The number of hydrogen-bond acceptors (Lipinski definition) is 5. The molecule has 1 aliphatic heterocycles. The lowest BCUT2D eigenvalue weighted by molar-refractivity contribution is 0.00578. The second kappa shape index (κ2) is 6.50. The van der Waals surface area contributed by atoms with E-state index >= 15 is 0 Å². The first kappa shape index (κ1) is 17.2. The summed E-state index contributed by atoms with van der Waals surface area (Å²) in [4.78, 5) is 4.15. The normalized spacial score (nSPS) is 20.5. The Morgan fingerprint density at radius 2 is 1.91 bits per heavy atom. The zero-order valence-corrected chi connectivity index (χ0v) is 14.0. The summed E-state index contributed by atoms with van der Waals surface area (Å²) >= 11 is 0. The molecule has 22 heavy (non-hydrogen) atoms. The van der Waals surface area contributed by atoms with Gasteiger partial charge in [-0.2, -0.15) is 0 Å². The molecule has 2 rings (SSSR count). The number of nitrogens with zero attached hydrogens (tertiary/aromatic N) is 1. The van der Waals surface area contributed by atoms with Crippen LogP contribution in [0.15, 0.2) is 23.9 Å². The van der Waals surface area contributed by atoms with Crippen LogP contribution in [0.1, 0.15) is 38.8 Å². The Kier molecular flexibility index (Phi) is 5.07. The molecule has 0 saturated carbocycles. The highest BCUT2D eigenvalue weighted by molar-refractivity contribution is 6.55. The zero-order chi connectivity index (χ0) is 16.4. The van der Waals surface area contributed by atoms with E-state index in [2.05, 4.69) is 10.3 Å². The van der Waals surface area contributed by atoms with Crippen molar-refractivity contribution in [1.82, 2.24) is 10.3 Å². The van der Waals surface area contributed by atoms with E-state index in [1.165, 1.54) is 0 Å². The highest BCUT2D eigenvalue weighted by Crippen LogP contribution is 2.38. The first-order valence-corrected chi connectivity index (χ1v) is 7.54. The van der Waals surface area contributed by atoms with Crippen LogP contribution in [0.2, 0.25) is 0 Å². The molecule has 6 heteroatoms. The Morgan fingerprint density at radius 1 is 1.27 bits per heavy atom. The van der Waals surface area contributed by atoms with Crippen LogP contribution < -0.4 is 5.32 Å². The first-order valence-electron chi connectivity index (χ1n) is 7.54. The van der Waals surface area contributed by atoms with Gasteiger partial charge in [-0.1, -0.05) is 6.08 Å². The van der Waals surface area contributed by atoms with Gasteiger partial charge in [0.15, 0.2) is 0 Å². The summed E-state index contributed by atoms with van der Waals surface area (Å²) < 4.78 is 12.2. The molecule has 1 aliphatic rings. The molecule has 1 saturated heterocycles. The van der Waals surface area contributed by atoms with Gasteiger partial charge < -0.3 is 19.7 Å². The fraction of sp³-hybridized carbons (Fsp3) is 0.562. The smallest absolute Gasteiger partial charge is 0.400 e. The van der Waals surface area contributed by atoms with Crippen molar-refractivity contribution in [2.45, 2.75) is 45.5 Å². The van der Waals surface area contributed by atoms with Gasteiger partial charge in [0, 0.05) is 18.9 Å². The van der Waals surface area contributed by atoms with Gasteiger partial charge in [0.2, 0.25) is 0 Å². The lowest BCUT2D eigenvalue weighted by Gasteiger charge is -2.32. The Labute approximate surface area is 132 Å². The van der Waals surface area contributed by atoms with E-state index in [4.69, 9.17) is 9.31 Å². The molecule has 1 aromatic heterocycles. The first-order chi connectivity index (χ1) is 10.3. The Bertz CT molecular complexity index is 542. The molecule has 0 bridgehead atoms. The molecule has 0 amide bonds. The highest BCUT2D eigenvalue weighted by Gasteiger charge is 2.52. The standard InChI is InChI=1S/C16H25BN2O3/c1-15(2)16(3,4)22-17(21-15)14(10-18-5)7-12-6-13(11-20)9-19-8-12/h6-9,18,20H,10-11H2,1-5H3. The van der Waals surface area contributed by atoms with Gasteiger partial charge in [0.25, 0.3) is 0 Å². The van der Waals surface area contributed by atoms with Crippen molar-refractivity contribution in [2.24, 2.45) is 0 Å². The average Bonchev–Trinajstić information content (AvgIpc) is 2.67. The number of likely N-dealkylation sites (N-methyl/N-ethyl adjacent to an activating group) is 1. The molecule has 0 radical (unpaired) electrons. The summed E-state index contributed by atoms with van der Waals surface area (Å²) in [5.74, 6) is 0. The van der Waals surface area contributed by atoms with Gasteiger partial charge in [-0.05, 0) is 57.4 Å². The minimum Gasteiger partial charge on any atom is -0.400 e. The van der Waals surface area contributed by atoms with Crippen molar-refractivity contribution in [2.75, 3.05) is 13.6 Å². The summed E-state index contributed by atoms with van der Waals surface area (Å²) in [6.45, 7) is 8.79. The molecule has 2 heterocycles. The molecule has 0 unspecified atom stereocenters. The SMILES string of the molecule is CNCC(=Cc1cncc(CO)c1)B1OC(C)(C)C(C)(C)O1. The predicted molar refractivity (Wildman–Crippen MR) is 88.1 cm³/mol. The van der Waals surface area contributed by atoms with Crippen molar-refractivity contribution >= 4 is 13.2 Å². The van der Waals surface area contributed by atoms with Crippen LogP contribution in [0, 0.1) is 0 Å². The maximum absolute atomic E-state index is 9.23. The second-order valence-corrected chi connectivity index (χ2v) is 6.62. The molecule has 2 N–H and O–H groups in total. The van der Waals surface area contributed by atoms with E-state index in [0.29, 0.717) is 6.54 Å². The van der Waals surface area contributed by atoms with E-state index < -0.39 is 7.12 Å². The van der Waals surface area contributed by atoms with Crippen molar-refractivity contribution < 1.29 is 14.4 Å². The summed E-state index contributed by atoms with van der Waals surface area (Å²) in [6.07, 6.45) is 5.43. The van der Waals surface area contributed by atoms with Crippen molar-refractivity contribution in [3.05, 3.63) is 35.1 Å². The van der Waals surface area contributed by atoms with E-state index in [-0.39, 0.29) is 17.8 Å². The highest BCUT2D eigenvalue weighted by atomic mass is 16.7. The number of nitrogens with one attached hydrogen (secondary N) is 1. The molecule has 0 spiro atoms. The van der Waals surface area contributed by atoms with Gasteiger partial charge in [-0.15, -0.1) is 0 Å². The molecular weight excluding hydrogens is 279 g/mol. The molecular formula is C16H25BN2O3. The minimum atomic E-state index is -0.393. The van der Waals surface area contributed by atoms with Gasteiger partial charge in [-0.25, -0.2) is 0 Å². The van der Waals surface area contributed by atoms with E-state index in [1.807, 2.05) is 46.9 Å². The molecule has 0 aliphatic carbocycles. The Hall–Kier alpha value is -1.21. The van der Waals surface area contributed by atoms with Crippen LogP contribution in [0.3, 0.4) is 0 Å². The van der Waals surface area contributed by atoms with Crippen LogP contribution in [0.5, 0.6) is 0 Å². The van der Waals surface area contributed by atoms with E-state index in [1.54, 1.807) is 12.4 Å². The lowest BCUT2D eigenvalue weighted by Crippen LogP contribution is -2.41. The third-order valence-electron chi connectivity index (χ3n) is 4.29. The maximum Gasteiger partial charge on any atom is 0.491 e. The number of pyridine rings is 1. The molecule has 0 atom stereocenters. The zero-order valence-electron chi connectivity index (χ0n) is 14.0. The van der Waals surface area contributed by atoms with Gasteiger partial charge >= 0.3 is 7.12 Å². The fourth-order valence-corrected chi connectivity index (χ4v) is 2.29. The molecule has 120 valence electrons. The van der Waals surface area contributed by atoms with Crippen LogP contribution in [-0.2, 0) is 15.9 Å². The average molecular weight is 304 g/mol. The van der Waals surface area contributed by atoms with Crippen molar-refractivity contribution in [3.63, 3.8) is 0 Å². The van der Waals surface area contributed by atoms with Crippen LogP contribution >= 0.6 is 0 Å². The quantitative estimate of drug-likeness (QED) is 0.812. The molecule has 1 fully saturated rings. The largest absolute Gasteiger partial charge is 0.491 e. The summed E-state index contributed by atoms with van der Waals surface area (Å²) in [5.41, 5.74) is 1.97. The van der Waals surface area contributed by atoms with Gasteiger partial charge in [0.1, 0.15) is 0 Å². The topological polar surface area (TPSA) is 63.6 Å². The monoisotopic (exact) mass is 304 g/mol. The third-order valence-corrected chi connectivity index (χ3v) is 4.29. The van der Waals surface area contributed by atoms with Crippen LogP contribution in [0.25, 0.3) is 6.08 Å². The number of rotatable bonds is 5. The summed E-state index contributed by atoms with van der Waals surface area (Å²) in [7, 11) is 1.50. The lowest BCUT2D eigenvalue weighted by atomic mass is 9.77. The Morgan fingerprint density at radius 3 is 2.45 bits per heavy atom. The van der Waals surface area contributed by atoms with Gasteiger partial charge in [0.05, 0.1) is 17.8 Å². The van der Waals surface area contributed by atoms with E-state index in [9.17, 15) is 5.11 Å². The summed E-state index contributed by atoms with van der Waals surface area (Å²) in [6, 6.07) is 1.91. The van der Waals surface area contributed by atoms with Crippen LogP contribution in [0.4, 0.5) is 0 Å². The summed E-state index contributed by atoms with van der Waals surface area (Å²) in [5, 5.41) is 12.4. The Balaban J connectivity index is 2.29. The minimum absolute atomic E-state index is 0.0213. The second-order valence-electron chi connectivity index (χ2n) is 6.62. The predicted octanol–water partition coefficient (Wildman–Crippen LogP) is 1.81. The number of hydrogen-bond donors (Lipinski definition) is 2.